The van der Waals surface area contributed by atoms with E-state index in [-0.39, 0.29) is 39.4 Å². The predicted octanol–water partition coefficient (Wildman–Crippen LogP) is 4.95. The first-order valence-electron chi connectivity index (χ1n) is 9.81. The van der Waals surface area contributed by atoms with Crippen LogP contribution in [0.5, 0.6) is 0 Å². The summed E-state index contributed by atoms with van der Waals surface area (Å²) in [5, 5.41) is 0.643. The molecule has 0 bridgehead atoms. The SMILES string of the molecule is CC(C)OCCCN1C(=O)c2oc3ccc(Cl)cc3c(=O)c2[C@@H]1c1ccccc1F. The van der Waals surface area contributed by atoms with Crippen molar-refractivity contribution < 1.29 is 18.3 Å². The largest absolute Gasteiger partial charge is 0.450 e. The van der Waals surface area contributed by atoms with Crippen LogP contribution < -0.4 is 5.43 Å². The summed E-state index contributed by atoms with van der Waals surface area (Å²) in [5.74, 6) is -0.971. The molecule has 4 rings (SSSR count). The summed E-state index contributed by atoms with van der Waals surface area (Å²) in [6.45, 7) is 4.60. The Balaban J connectivity index is 1.84. The molecule has 1 aliphatic rings. The molecule has 1 aromatic heterocycles. The molecule has 0 N–H and O–H groups in total. The molecule has 0 saturated carbocycles. The summed E-state index contributed by atoms with van der Waals surface area (Å²) in [6, 6.07) is 9.94. The predicted molar refractivity (Wildman–Crippen MR) is 112 cm³/mol. The van der Waals surface area contributed by atoms with Gasteiger partial charge in [0.05, 0.1) is 23.1 Å². The zero-order chi connectivity index (χ0) is 21.4. The van der Waals surface area contributed by atoms with Gasteiger partial charge in [-0.15, -0.1) is 0 Å². The van der Waals surface area contributed by atoms with Crippen molar-refractivity contribution in [1.82, 2.24) is 4.90 Å². The first kappa shape index (κ1) is 20.6. The van der Waals surface area contributed by atoms with E-state index in [2.05, 4.69) is 0 Å². The quantitative estimate of drug-likeness (QED) is 0.520. The third-order valence-corrected chi connectivity index (χ3v) is 5.36. The number of hydrogen-bond donors (Lipinski definition) is 0. The minimum absolute atomic E-state index is 0.0483. The van der Waals surface area contributed by atoms with Crippen LogP contribution in [0, 0.1) is 5.82 Å². The number of ether oxygens (including phenoxy) is 1. The van der Waals surface area contributed by atoms with Gasteiger partial charge in [0.15, 0.2) is 5.43 Å². The number of amides is 1. The van der Waals surface area contributed by atoms with Crippen molar-refractivity contribution >= 4 is 28.5 Å². The lowest BCUT2D eigenvalue weighted by atomic mass is 9.98. The summed E-state index contributed by atoms with van der Waals surface area (Å²) in [5.41, 5.74) is 0.290. The Kier molecular flexibility index (Phi) is 5.62. The molecule has 1 aliphatic heterocycles. The number of carbonyl (C=O) groups excluding carboxylic acids is 1. The first-order valence-corrected chi connectivity index (χ1v) is 10.2. The summed E-state index contributed by atoms with van der Waals surface area (Å²) in [7, 11) is 0. The monoisotopic (exact) mass is 429 g/mol. The van der Waals surface area contributed by atoms with Crippen LogP contribution in [0.1, 0.15) is 48.0 Å². The van der Waals surface area contributed by atoms with E-state index in [1.54, 1.807) is 30.3 Å². The zero-order valence-electron chi connectivity index (χ0n) is 16.7. The Morgan fingerprint density at radius 3 is 2.70 bits per heavy atom. The van der Waals surface area contributed by atoms with Gasteiger partial charge in [-0.1, -0.05) is 29.8 Å². The van der Waals surface area contributed by atoms with Crippen molar-refractivity contribution in [2.24, 2.45) is 0 Å². The Hall–Kier alpha value is -2.70. The summed E-state index contributed by atoms with van der Waals surface area (Å²) < 4.78 is 26.1. The van der Waals surface area contributed by atoms with Crippen LogP contribution >= 0.6 is 11.6 Å². The Morgan fingerprint density at radius 2 is 1.97 bits per heavy atom. The van der Waals surface area contributed by atoms with Crippen LogP contribution in [0.25, 0.3) is 11.0 Å². The molecule has 0 radical (unpaired) electrons. The van der Waals surface area contributed by atoms with E-state index in [0.29, 0.717) is 24.6 Å². The Morgan fingerprint density at radius 1 is 1.20 bits per heavy atom. The molecule has 5 nitrogen and oxygen atoms in total. The third kappa shape index (κ3) is 3.61. The molecule has 1 atom stereocenters. The van der Waals surface area contributed by atoms with Crippen molar-refractivity contribution in [3.8, 4) is 0 Å². The Bertz CT molecular complexity index is 1170. The second-order valence-corrected chi connectivity index (χ2v) is 7.95. The number of nitrogens with zero attached hydrogens (tertiary/aromatic N) is 1. The van der Waals surface area contributed by atoms with Crippen molar-refractivity contribution in [2.45, 2.75) is 32.4 Å². The van der Waals surface area contributed by atoms with Gasteiger partial charge >= 0.3 is 0 Å². The standard InChI is InChI=1S/C23H21ClFNO4/c1-13(2)29-11-5-10-26-20(15-6-3-4-7-17(15)25)19-21(27)16-12-14(24)8-9-18(16)30-22(19)23(26)28/h3-4,6-9,12-13,20H,5,10-11H2,1-2H3/t20-/m0/s1. The van der Waals surface area contributed by atoms with Crippen molar-refractivity contribution in [3.05, 3.63) is 80.4 Å². The maximum absolute atomic E-state index is 14.7. The minimum Gasteiger partial charge on any atom is -0.450 e. The molecule has 0 saturated heterocycles. The maximum Gasteiger partial charge on any atom is 0.290 e. The molecular weight excluding hydrogens is 409 g/mol. The van der Waals surface area contributed by atoms with E-state index in [1.165, 1.54) is 17.0 Å². The second kappa shape index (κ2) is 8.20. The van der Waals surface area contributed by atoms with E-state index in [1.807, 2.05) is 13.8 Å². The number of carbonyl (C=O) groups is 1. The Labute approximate surface area is 178 Å². The normalized spacial score (nSPS) is 16.0. The van der Waals surface area contributed by atoms with Crippen LogP contribution in [-0.4, -0.2) is 30.1 Å². The van der Waals surface area contributed by atoms with Gasteiger partial charge in [-0.25, -0.2) is 4.39 Å². The van der Waals surface area contributed by atoms with Gasteiger partial charge < -0.3 is 14.1 Å². The molecule has 2 heterocycles. The fourth-order valence-corrected chi connectivity index (χ4v) is 3.97. The van der Waals surface area contributed by atoms with Gasteiger partial charge in [-0.3, -0.25) is 9.59 Å². The van der Waals surface area contributed by atoms with Gasteiger partial charge in [-0.2, -0.15) is 0 Å². The van der Waals surface area contributed by atoms with Crippen LogP contribution in [0.4, 0.5) is 4.39 Å². The number of halogens is 2. The fourth-order valence-electron chi connectivity index (χ4n) is 3.80. The molecule has 30 heavy (non-hydrogen) atoms. The number of fused-ring (bicyclic) bond motifs is 2. The van der Waals surface area contributed by atoms with Gasteiger partial charge in [0.25, 0.3) is 5.91 Å². The first-order chi connectivity index (χ1) is 14.4. The number of hydrogen-bond acceptors (Lipinski definition) is 4. The van der Waals surface area contributed by atoms with Crippen LogP contribution in [0.15, 0.2) is 51.7 Å². The molecule has 7 heteroatoms. The number of benzene rings is 2. The lowest BCUT2D eigenvalue weighted by Gasteiger charge is -2.25. The van der Waals surface area contributed by atoms with Gasteiger partial charge in [-0.05, 0) is 44.5 Å². The second-order valence-electron chi connectivity index (χ2n) is 7.51. The van der Waals surface area contributed by atoms with Gasteiger partial charge in [0.1, 0.15) is 11.4 Å². The highest BCUT2D eigenvalue weighted by atomic mass is 35.5. The molecule has 0 unspecified atom stereocenters. The van der Waals surface area contributed by atoms with E-state index >= 15 is 0 Å². The van der Waals surface area contributed by atoms with Gasteiger partial charge in [0, 0.05) is 23.7 Å². The van der Waals surface area contributed by atoms with Crippen molar-refractivity contribution in [3.63, 3.8) is 0 Å². The molecular formula is C23H21ClFNO4. The fraction of sp³-hybridized carbons (Fsp3) is 0.304. The maximum atomic E-state index is 14.7. The van der Waals surface area contributed by atoms with Crippen molar-refractivity contribution in [1.29, 1.82) is 0 Å². The van der Waals surface area contributed by atoms with Gasteiger partial charge in [0.2, 0.25) is 5.76 Å². The molecule has 0 aliphatic carbocycles. The summed E-state index contributed by atoms with van der Waals surface area (Å²) >= 11 is 6.06. The lowest BCUT2D eigenvalue weighted by Crippen LogP contribution is -2.32. The molecule has 1 amide bonds. The summed E-state index contributed by atoms with van der Waals surface area (Å²) in [6.07, 6.45) is 0.611. The van der Waals surface area contributed by atoms with Crippen LogP contribution in [0.3, 0.4) is 0 Å². The molecule has 0 spiro atoms. The molecule has 3 aromatic rings. The minimum atomic E-state index is -0.868. The average molecular weight is 430 g/mol. The van der Waals surface area contributed by atoms with E-state index in [9.17, 15) is 14.0 Å². The van der Waals surface area contributed by atoms with Crippen molar-refractivity contribution in [2.75, 3.05) is 13.2 Å². The highest BCUT2D eigenvalue weighted by molar-refractivity contribution is 6.31. The van der Waals surface area contributed by atoms with E-state index < -0.39 is 17.8 Å². The highest BCUT2D eigenvalue weighted by Crippen LogP contribution is 2.39. The average Bonchev–Trinajstić information content (AvgIpc) is 2.98. The van der Waals surface area contributed by atoms with Crippen LogP contribution in [0.2, 0.25) is 5.02 Å². The number of rotatable bonds is 6. The molecule has 0 fully saturated rings. The van der Waals surface area contributed by atoms with Crippen LogP contribution in [-0.2, 0) is 4.74 Å². The molecule has 2 aromatic carbocycles. The van der Waals surface area contributed by atoms with E-state index in [4.69, 9.17) is 20.8 Å². The zero-order valence-corrected chi connectivity index (χ0v) is 17.4. The topological polar surface area (TPSA) is 59.8 Å². The van der Waals surface area contributed by atoms with E-state index in [0.717, 1.165) is 0 Å². The summed E-state index contributed by atoms with van der Waals surface area (Å²) in [4.78, 5) is 28.0. The third-order valence-electron chi connectivity index (χ3n) is 5.12. The highest BCUT2D eigenvalue weighted by Gasteiger charge is 2.43. The lowest BCUT2D eigenvalue weighted by molar-refractivity contribution is 0.0592. The smallest absolute Gasteiger partial charge is 0.290 e. The molecule has 156 valence electrons.